The fraction of sp³-hybridized carbons (Fsp3) is 0.0769. The molecule has 2 aromatic rings. The van der Waals surface area contributed by atoms with Gasteiger partial charge in [-0.1, -0.05) is 0 Å². The SMILES string of the molecule is O=C(NNCOc1ccncc1)c1cc([N+](=O)[O-])ccc1I. The molecule has 8 nitrogen and oxygen atoms in total. The van der Waals surface area contributed by atoms with Crippen LogP contribution in [0.15, 0.2) is 42.7 Å². The molecule has 0 bridgehead atoms. The fourth-order valence-electron chi connectivity index (χ4n) is 1.54. The zero-order valence-corrected chi connectivity index (χ0v) is 13.3. The van der Waals surface area contributed by atoms with Crippen LogP contribution in [0.3, 0.4) is 0 Å². The predicted molar refractivity (Wildman–Crippen MR) is 86.1 cm³/mol. The summed E-state index contributed by atoms with van der Waals surface area (Å²) in [5, 5.41) is 10.7. The minimum absolute atomic E-state index is 0.0429. The van der Waals surface area contributed by atoms with Gasteiger partial charge >= 0.3 is 0 Å². The Kier molecular flexibility index (Phi) is 5.61. The fourth-order valence-corrected chi connectivity index (χ4v) is 2.12. The first kappa shape index (κ1) is 16.1. The van der Waals surface area contributed by atoms with E-state index >= 15 is 0 Å². The van der Waals surface area contributed by atoms with Crippen LogP contribution in [0.1, 0.15) is 10.4 Å². The molecule has 114 valence electrons. The quantitative estimate of drug-likeness (QED) is 0.246. The number of ether oxygens (including phenoxy) is 1. The van der Waals surface area contributed by atoms with Crippen molar-refractivity contribution in [2.75, 3.05) is 6.73 Å². The normalized spacial score (nSPS) is 10.0. The van der Waals surface area contributed by atoms with Crippen molar-refractivity contribution in [3.8, 4) is 5.75 Å². The number of carbonyl (C=O) groups is 1. The summed E-state index contributed by atoms with van der Waals surface area (Å²) in [4.78, 5) is 26.0. The van der Waals surface area contributed by atoms with Crippen LogP contribution >= 0.6 is 22.6 Å². The van der Waals surface area contributed by atoms with Gasteiger partial charge in [0.1, 0.15) is 5.75 Å². The average molecular weight is 414 g/mol. The first-order valence-corrected chi connectivity index (χ1v) is 7.16. The van der Waals surface area contributed by atoms with Gasteiger partial charge in [0, 0.05) is 28.1 Å². The molecule has 0 spiro atoms. The van der Waals surface area contributed by atoms with E-state index in [1.807, 2.05) is 22.6 Å². The zero-order chi connectivity index (χ0) is 15.9. The molecular weight excluding hydrogens is 403 g/mol. The van der Waals surface area contributed by atoms with Crippen molar-refractivity contribution in [1.82, 2.24) is 15.8 Å². The summed E-state index contributed by atoms with van der Waals surface area (Å²) >= 11 is 1.94. The Morgan fingerprint density at radius 1 is 1.32 bits per heavy atom. The summed E-state index contributed by atoms with van der Waals surface area (Å²) in [6, 6.07) is 7.43. The van der Waals surface area contributed by atoms with Gasteiger partial charge in [-0.3, -0.25) is 25.3 Å². The Balaban J connectivity index is 1.89. The number of hydrazine groups is 1. The topological polar surface area (TPSA) is 106 Å². The standard InChI is InChI=1S/C13H11IN4O4/c14-12-2-1-9(18(20)21)7-11(12)13(19)17-16-8-22-10-3-5-15-6-4-10/h1-7,16H,8H2,(H,17,19). The molecule has 0 unspecified atom stereocenters. The number of nitro benzene ring substituents is 1. The maximum Gasteiger partial charge on any atom is 0.270 e. The third-order valence-corrected chi connectivity index (χ3v) is 3.51. The molecule has 1 aromatic carbocycles. The summed E-state index contributed by atoms with van der Waals surface area (Å²) in [5.74, 6) is 0.119. The maximum atomic E-state index is 12.0. The number of nitrogens with one attached hydrogen (secondary N) is 2. The molecule has 0 aliphatic carbocycles. The van der Waals surface area contributed by atoms with E-state index in [0.29, 0.717) is 9.32 Å². The molecule has 0 atom stereocenters. The number of halogens is 1. The van der Waals surface area contributed by atoms with E-state index in [0.717, 1.165) is 0 Å². The Labute approximate surface area is 139 Å². The van der Waals surface area contributed by atoms with E-state index in [4.69, 9.17) is 4.74 Å². The van der Waals surface area contributed by atoms with Crippen LogP contribution in [0, 0.1) is 13.7 Å². The molecule has 0 aliphatic heterocycles. The van der Waals surface area contributed by atoms with Gasteiger partial charge in [0.25, 0.3) is 11.6 Å². The maximum absolute atomic E-state index is 12.0. The van der Waals surface area contributed by atoms with Crippen molar-refractivity contribution < 1.29 is 14.5 Å². The molecule has 0 fully saturated rings. The number of hydrogen-bond acceptors (Lipinski definition) is 6. The van der Waals surface area contributed by atoms with Crippen molar-refractivity contribution >= 4 is 34.2 Å². The molecule has 1 heterocycles. The highest BCUT2D eigenvalue weighted by Crippen LogP contribution is 2.19. The van der Waals surface area contributed by atoms with Gasteiger partial charge in [-0.15, -0.1) is 0 Å². The van der Waals surface area contributed by atoms with Gasteiger partial charge in [-0.2, -0.15) is 5.43 Å². The number of amides is 1. The molecule has 0 radical (unpaired) electrons. The summed E-state index contributed by atoms with van der Waals surface area (Å²) in [5.41, 5.74) is 5.09. The molecule has 0 saturated carbocycles. The van der Waals surface area contributed by atoms with E-state index in [1.165, 1.54) is 18.2 Å². The molecule has 2 N–H and O–H groups in total. The van der Waals surface area contributed by atoms with Crippen molar-refractivity contribution in [2.24, 2.45) is 0 Å². The Morgan fingerprint density at radius 3 is 2.73 bits per heavy atom. The third kappa shape index (κ3) is 4.36. The van der Waals surface area contributed by atoms with E-state index in [2.05, 4.69) is 15.8 Å². The second-order valence-corrected chi connectivity index (χ2v) is 5.19. The minimum atomic E-state index is -0.549. The number of rotatable bonds is 6. The highest BCUT2D eigenvalue weighted by molar-refractivity contribution is 14.1. The number of benzene rings is 1. The summed E-state index contributed by atoms with van der Waals surface area (Å²) in [7, 11) is 0. The van der Waals surface area contributed by atoms with E-state index in [-0.39, 0.29) is 18.0 Å². The highest BCUT2D eigenvalue weighted by atomic mass is 127. The summed E-state index contributed by atoms with van der Waals surface area (Å²) in [6.45, 7) is 0.0429. The van der Waals surface area contributed by atoms with E-state index < -0.39 is 10.8 Å². The Hall–Kier alpha value is -2.27. The first-order chi connectivity index (χ1) is 10.6. The van der Waals surface area contributed by atoms with Crippen LogP contribution in [0.4, 0.5) is 5.69 Å². The number of aromatic nitrogens is 1. The number of nitro groups is 1. The first-order valence-electron chi connectivity index (χ1n) is 6.08. The van der Waals surface area contributed by atoms with Gasteiger partial charge in [-0.05, 0) is 40.8 Å². The van der Waals surface area contributed by atoms with Crippen LogP contribution in [-0.4, -0.2) is 22.5 Å². The van der Waals surface area contributed by atoms with Crippen molar-refractivity contribution in [2.45, 2.75) is 0 Å². The minimum Gasteiger partial charge on any atom is -0.477 e. The zero-order valence-electron chi connectivity index (χ0n) is 11.2. The van der Waals surface area contributed by atoms with Gasteiger partial charge in [-0.25, -0.2) is 0 Å². The average Bonchev–Trinajstić information content (AvgIpc) is 2.52. The lowest BCUT2D eigenvalue weighted by Gasteiger charge is -2.09. The van der Waals surface area contributed by atoms with Gasteiger partial charge < -0.3 is 4.74 Å². The lowest BCUT2D eigenvalue weighted by atomic mass is 10.2. The summed E-state index contributed by atoms with van der Waals surface area (Å²) < 4.78 is 5.92. The van der Waals surface area contributed by atoms with Gasteiger partial charge in [0.15, 0.2) is 6.73 Å². The van der Waals surface area contributed by atoms with Crippen LogP contribution in [0.25, 0.3) is 0 Å². The van der Waals surface area contributed by atoms with E-state index in [9.17, 15) is 14.9 Å². The third-order valence-electron chi connectivity index (χ3n) is 2.57. The monoisotopic (exact) mass is 414 g/mol. The van der Waals surface area contributed by atoms with Crippen LogP contribution in [-0.2, 0) is 0 Å². The van der Waals surface area contributed by atoms with E-state index in [1.54, 1.807) is 24.5 Å². The molecular formula is C13H11IN4O4. The predicted octanol–water partition coefficient (Wildman–Crippen LogP) is 1.87. The molecule has 2 rings (SSSR count). The van der Waals surface area contributed by atoms with Crippen molar-refractivity contribution in [1.29, 1.82) is 0 Å². The number of hydrogen-bond donors (Lipinski definition) is 2. The smallest absolute Gasteiger partial charge is 0.270 e. The molecule has 0 saturated heterocycles. The number of carbonyl (C=O) groups excluding carboxylic acids is 1. The molecule has 0 aliphatic rings. The highest BCUT2D eigenvalue weighted by Gasteiger charge is 2.15. The number of pyridine rings is 1. The van der Waals surface area contributed by atoms with Gasteiger partial charge in [0.05, 0.1) is 10.5 Å². The Bertz CT molecular complexity index is 681. The lowest BCUT2D eigenvalue weighted by molar-refractivity contribution is -0.384. The summed E-state index contributed by atoms with van der Waals surface area (Å²) in [6.07, 6.45) is 3.17. The Morgan fingerprint density at radius 2 is 2.05 bits per heavy atom. The van der Waals surface area contributed by atoms with Crippen LogP contribution in [0.5, 0.6) is 5.75 Å². The lowest BCUT2D eigenvalue weighted by Crippen LogP contribution is -2.40. The number of non-ortho nitro benzene ring substituents is 1. The van der Waals surface area contributed by atoms with Crippen molar-refractivity contribution in [3.63, 3.8) is 0 Å². The number of nitrogens with zero attached hydrogens (tertiary/aromatic N) is 2. The van der Waals surface area contributed by atoms with Gasteiger partial charge in [0.2, 0.25) is 0 Å². The largest absolute Gasteiger partial charge is 0.477 e. The molecule has 1 aromatic heterocycles. The molecule has 1 amide bonds. The van der Waals surface area contributed by atoms with Crippen LogP contribution in [0.2, 0.25) is 0 Å². The van der Waals surface area contributed by atoms with Crippen molar-refractivity contribution in [3.05, 3.63) is 62.0 Å². The molecule has 22 heavy (non-hydrogen) atoms. The second kappa shape index (κ2) is 7.66. The molecule has 9 heteroatoms. The van der Waals surface area contributed by atoms with Crippen LogP contribution < -0.4 is 15.6 Å². The second-order valence-electron chi connectivity index (χ2n) is 4.02.